The Labute approximate surface area is 95.3 Å². The largest absolute Gasteiger partial charge is 0.336 e. The average Bonchev–Trinajstić information content (AvgIpc) is 2.33. The third-order valence-corrected chi connectivity index (χ3v) is 2.03. The van der Waals surface area contributed by atoms with Gasteiger partial charge in [-0.05, 0) is 6.07 Å². The van der Waals surface area contributed by atoms with Gasteiger partial charge in [0.25, 0.3) is 0 Å². The van der Waals surface area contributed by atoms with Crippen LogP contribution in [0.4, 0.5) is 20.3 Å². The van der Waals surface area contributed by atoms with E-state index in [4.69, 9.17) is 0 Å². The zero-order valence-corrected chi connectivity index (χ0v) is 8.52. The van der Waals surface area contributed by atoms with Crippen molar-refractivity contribution in [2.45, 2.75) is 0 Å². The van der Waals surface area contributed by atoms with Gasteiger partial charge in [0.05, 0.1) is 11.9 Å². The number of carbonyl (C=O) groups is 1. The molecule has 0 spiro atoms. The van der Waals surface area contributed by atoms with Crippen LogP contribution in [-0.4, -0.2) is 16.3 Å². The van der Waals surface area contributed by atoms with Gasteiger partial charge in [0.1, 0.15) is 17.5 Å². The average molecular weight is 235 g/mol. The van der Waals surface area contributed by atoms with E-state index < -0.39 is 11.6 Å². The van der Waals surface area contributed by atoms with Crippen LogP contribution >= 0.6 is 0 Å². The van der Waals surface area contributed by atoms with Gasteiger partial charge in [-0.15, -0.1) is 0 Å². The number of benzene rings is 1. The van der Waals surface area contributed by atoms with Crippen LogP contribution in [0.5, 0.6) is 0 Å². The minimum Gasteiger partial charge on any atom is -0.336 e. The lowest BCUT2D eigenvalue weighted by Gasteiger charge is -2.08. The maximum atomic E-state index is 13.5. The molecule has 0 bridgehead atoms. The number of aldehydes is 1. The van der Waals surface area contributed by atoms with Crippen molar-refractivity contribution in [3.05, 3.63) is 47.9 Å². The Morgan fingerprint density at radius 3 is 2.71 bits per heavy atom. The molecule has 2 rings (SSSR count). The van der Waals surface area contributed by atoms with Crippen molar-refractivity contribution in [2.24, 2.45) is 0 Å². The summed E-state index contributed by atoms with van der Waals surface area (Å²) in [6.07, 6.45) is 4.58. The second-order valence-corrected chi connectivity index (χ2v) is 3.19. The number of nitrogens with one attached hydrogen (secondary N) is 1. The molecular formula is C11H7F2N3O. The molecule has 1 N–H and O–H groups in total. The topological polar surface area (TPSA) is 54.9 Å². The highest BCUT2D eigenvalue weighted by Gasteiger charge is 2.11. The van der Waals surface area contributed by atoms with E-state index in [2.05, 4.69) is 15.3 Å². The Morgan fingerprint density at radius 1 is 1.24 bits per heavy atom. The minimum absolute atomic E-state index is 0.117. The van der Waals surface area contributed by atoms with Gasteiger partial charge in [-0.1, -0.05) is 0 Å². The van der Waals surface area contributed by atoms with Crippen molar-refractivity contribution in [2.75, 3.05) is 5.32 Å². The second-order valence-electron chi connectivity index (χ2n) is 3.19. The first-order valence-corrected chi connectivity index (χ1v) is 4.68. The molecule has 6 heteroatoms. The van der Waals surface area contributed by atoms with Crippen LogP contribution in [0.1, 0.15) is 10.4 Å². The van der Waals surface area contributed by atoms with E-state index in [1.54, 1.807) is 0 Å². The van der Waals surface area contributed by atoms with Gasteiger partial charge < -0.3 is 5.32 Å². The molecule has 0 amide bonds. The Morgan fingerprint density at radius 2 is 2.06 bits per heavy atom. The Hall–Kier alpha value is -2.37. The summed E-state index contributed by atoms with van der Waals surface area (Å²) in [5.41, 5.74) is -0.241. The lowest BCUT2D eigenvalue weighted by Crippen LogP contribution is -2.01. The molecule has 0 saturated carbocycles. The molecule has 0 fully saturated rings. The lowest BCUT2D eigenvalue weighted by molar-refractivity contribution is 0.112. The molecule has 0 saturated heterocycles. The summed E-state index contributed by atoms with van der Waals surface area (Å²) in [6.45, 7) is 0. The fourth-order valence-electron chi connectivity index (χ4n) is 1.31. The number of rotatable bonds is 3. The van der Waals surface area contributed by atoms with Crippen molar-refractivity contribution in [3.8, 4) is 0 Å². The third kappa shape index (κ3) is 2.41. The first-order valence-electron chi connectivity index (χ1n) is 4.68. The molecule has 0 aliphatic heterocycles. The summed E-state index contributed by atoms with van der Waals surface area (Å²) in [6, 6.07) is 1.63. The first-order chi connectivity index (χ1) is 8.20. The van der Waals surface area contributed by atoms with Gasteiger partial charge in [0, 0.05) is 24.0 Å². The predicted molar refractivity (Wildman–Crippen MR) is 57.1 cm³/mol. The Kier molecular flexibility index (Phi) is 3.04. The molecule has 1 aromatic heterocycles. The van der Waals surface area contributed by atoms with Gasteiger partial charge in [-0.3, -0.25) is 9.78 Å². The number of hydrogen-bond donors (Lipinski definition) is 1. The van der Waals surface area contributed by atoms with Crippen molar-refractivity contribution in [1.82, 2.24) is 9.97 Å². The van der Waals surface area contributed by atoms with E-state index in [9.17, 15) is 13.6 Å². The van der Waals surface area contributed by atoms with Gasteiger partial charge in [0.2, 0.25) is 0 Å². The molecule has 0 aliphatic rings. The van der Waals surface area contributed by atoms with E-state index >= 15 is 0 Å². The second kappa shape index (κ2) is 4.65. The maximum Gasteiger partial charge on any atom is 0.152 e. The fraction of sp³-hybridized carbons (Fsp3) is 0. The highest BCUT2D eigenvalue weighted by molar-refractivity contribution is 5.85. The molecule has 86 valence electrons. The molecule has 0 radical (unpaired) electrons. The van der Waals surface area contributed by atoms with Crippen LogP contribution < -0.4 is 5.32 Å². The molecular weight excluding hydrogens is 228 g/mol. The summed E-state index contributed by atoms with van der Waals surface area (Å²) in [7, 11) is 0. The van der Waals surface area contributed by atoms with Crippen LogP contribution in [0, 0.1) is 11.6 Å². The number of carbonyl (C=O) groups excluding carboxylic acids is 1. The minimum atomic E-state index is -0.863. The first kappa shape index (κ1) is 11.1. The number of nitrogens with zero attached hydrogens (tertiary/aromatic N) is 2. The van der Waals surface area contributed by atoms with Gasteiger partial charge >= 0.3 is 0 Å². The van der Waals surface area contributed by atoms with Crippen molar-refractivity contribution in [1.29, 1.82) is 0 Å². The number of anilines is 2. The highest BCUT2D eigenvalue weighted by Crippen LogP contribution is 2.23. The summed E-state index contributed by atoms with van der Waals surface area (Å²) in [4.78, 5) is 18.3. The summed E-state index contributed by atoms with van der Waals surface area (Å²) in [5.74, 6) is -1.41. The number of halogens is 2. The van der Waals surface area contributed by atoms with Crippen LogP contribution in [-0.2, 0) is 0 Å². The molecule has 17 heavy (non-hydrogen) atoms. The monoisotopic (exact) mass is 235 g/mol. The number of aromatic nitrogens is 2. The van der Waals surface area contributed by atoms with E-state index in [0.717, 1.165) is 6.07 Å². The SMILES string of the molecule is O=Cc1cc(F)cc(F)c1Nc1cnccn1. The molecule has 4 nitrogen and oxygen atoms in total. The third-order valence-electron chi connectivity index (χ3n) is 2.03. The summed E-state index contributed by atoms with van der Waals surface area (Å²) < 4.78 is 26.4. The van der Waals surface area contributed by atoms with Gasteiger partial charge in [-0.25, -0.2) is 13.8 Å². The van der Waals surface area contributed by atoms with E-state index in [1.807, 2.05) is 0 Å². The molecule has 0 unspecified atom stereocenters. The standard InChI is InChI=1S/C11H7F2N3O/c12-8-3-7(6-17)11(9(13)4-8)16-10-5-14-1-2-15-10/h1-6H,(H,15,16). The maximum absolute atomic E-state index is 13.5. The quantitative estimate of drug-likeness (QED) is 0.829. The Balaban J connectivity index is 2.42. The van der Waals surface area contributed by atoms with Crippen LogP contribution in [0.25, 0.3) is 0 Å². The summed E-state index contributed by atoms with van der Waals surface area (Å²) >= 11 is 0. The zero-order valence-electron chi connectivity index (χ0n) is 8.52. The highest BCUT2D eigenvalue weighted by atomic mass is 19.1. The fourth-order valence-corrected chi connectivity index (χ4v) is 1.31. The van der Waals surface area contributed by atoms with E-state index in [-0.39, 0.29) is 17.1 Å². The molecule has 2 aromatic rings. The molecule has 1 heterocycles. The van der Waals surface area contributed by atoms with Gasteiger partial charge in [0.15, 0.2) is 6.29 Å². The Bertz CT molecular complexity index is 546. The van der Waals surface area contributed by atoms with Gasteiger partial charge in [-0.2, -0.15) is 0 Å². The molecule has 1 aromatic carbocycles. The predicted octanol–water partition coefficient (Wildman–Crippen LogP) is 2.31. The van der Waals surface area contributed by atoms with Crippen LogP contribution in [0.2, 0.25) is 0 Å². The number of hydrogen-bond acceptors (Lipinski definition) is 4. The van der Waals surface area contributed by atoms with Crippen molar-refractivity contribution in [3.63, 3.8) is 0 Å². The normalized spacial score (nSPS) is 10.0. The smallest absolute Gasteiger partial charge is 0.152 e. The van der Waals surface area contributed by atoms with Crippen molar-refractivity contribution >= 4 is 17.8 Å². The van der Waals surface area contributed by atoms with Crippen LogP contribution in [0.3, 0.4) is 0 Å². The lowest BCUT2D eigenvalue weighted by atomic mass is 10.2. The van der Waals surface area contributed by atoms with E-state index in [0.29, 0.717) is 12.4 Å². The molecule has 0 atom stereocenters. The van der Waals surface area contributed by atoms with E-state index in [1.165, 1.54) is 18.6 Å². The zero-order chi connectivity index (χ0) is 12.3. The van der Waals surface area contributed by atoms with Crippen LogP contribution in [0.15, 0.2) is 30.7 Å². The molecule has 0 aliphatic carbocycles. The van der Waals surface area contributed by atoms with Crippen molar-refractivity contribution < 1.29 is 13.6 Å². The summed E-state index contributed by atoms with van der Waals surface area (Å²) in [5, 5.41) is 2.57.